The summed E-state index contributed by atoms with van der Waals surface area (Å²) in [6.07, 6.45) is 7.83. The predicted molar refractivity (Wildman–Crippen MR) is 110 cm³/mol. The largest absolute Gasteiger partial charge is 0.287 e. The number of benzene rings is 1. The van der Waals surface area contributed by atoms with E-state index >= 15 is 0 Å². The van der Waals surface area contributed by atoms with E-state index < -0.39 is 0 Å². The first-order valence-corrected chi connectivity index (χ1v) is 10.9. The minimum Gasteiger partial charge on any atom is -0.224 e. The molecule has 2 saturated carbocycles. The molecule has 1 aromatic carbocycles. The summed E-state index contributed by atoms with van der Waals surface area (Å²) >= 11 is 0. The Hall–Kier alpha value is -1.70. The van der Waals surface area contributed by atoms with Crippen LogP contribution in [0.5, 0.6) is 0 Å². The summed E-state index contributed by atoms with van der Waals surface area (Å²) in [4.78, 5) is 5.07. The molecule has 1 aromatic heterocycles. The Balaban J connectivity index is 1.71. The monoisotopic (exact) mass is 361 g/mol. The van der Waals surface area contributed by atoms with Crippen molar-refractivity contribution in [3.63, 3.8) is 0 Å². The topological polar surface area (TPSA) is 16.8 Å². The van der Waals surface area contributed by atoms with E-state index in [4.69, 9.17) is 4.98 Å². The van der Waals surface area contributed by atoms with Crippen molar-refractivity contribution in [3.05, 3.63) is 47.9 Å². The molecular weight excluding hydrogens is 328 g/mol. The van der Waals surface area contributed by atoms with Crippen LogP contribution < -0.4 is 4.57 Å². The van der Waals surface area contributed by atoms with Crippen LogP contribution in [0, 0.1) is 17.8 Å². The normalized spacial score (nSPS) is 33.2. The van der Waals surface area contributed by atoms with Gasteiger partial charge >= 0.3 is 0 Å². The first-order valence-electron chi connectivity index (χ1n) is 10.9. The molecular formula is C25H33N2+. The Morgan fingerprint density at radius 1 is 1.07 bits per heavy atom. The third-order valence-electron chi connectivity index (χ3n) is 8.75. The molecule has 2 heterocycles. The van der Waals surface area contributed by atoms with E-state index in [1.165, 1.54) is 48.2 Å². The van der Waals surface area contributed by atoms with Gasteiger partial charge in [-0.15, -0.1) is 0 Å². The van der Waals surface area contributed by atoms with E-state index in [1.54, 1.807) is 0 Å². The van der Waals surface area contributed by atoms with E-state index in [9.17, 15) is 0 Å². The van der Waals surface area contributed by atoms with Crippen LogP contribution in [0.3, 0.4) is 0 Å². The highest BCUT2D eigenvalue weighted by atomic mass is 15.1. The molecule has 2 fully saturated rings. The lowest BCUT2D eigenvalue weighted by Gasteiger charge is -2.49. The van der Waals surface area contributed by atoms with Crippen LogP contribution in [0.4, 0.5) is 0 Å². The van der Waals surface area contributed by atoms with Gasteiger partial charge in [0.2, 0.25) is 0 Å². The van der Waals surface area contributed by atoms with Crippen LogP contribution in [0.1, 0.15) is 77.5 Å². The van der Waals surface area contributed by atoms with Crippen LogP contribution in [-0.2, 0) is 11.0 Å². The molecule has 2 bridgehead atoms. The molecule has 4 unspecified atom stereocenters. The molecule has 0 saturated heterocycles. The van der Waals surface area contributed by atoms with Gasteiger partial charge in [0.25, 0.3) is 6.33 Å². The maximum Gasteiger partial charge on any atom is 0.287 e. The lowest BCUT2D eigenvalue weighted by molar-refractivity contribution is -0.773. The molecule has 2 aromatic rings. The summed E-state index contributed by atoms with van der Waals surface area (Å²) < 4.78 is 2.50. The van der Waals surface area contributed by atoms with E-state index in [0.29, 0.717) is 11.8 Å². The maximum atomic E-state index is 5.07. The molecule has 0 N–H and O–H groups in total. The van der Waals surface area contributed by atoms with Crippen LogP contribution >= 0.6 is 0 Å². The number of fused-ring (bicyclic) bond motifs is 5. The Bertz CT molecular complexity index is 897. The third-order valence-corrected chi connectivity index (χ3v) is 8.75. The lowest BCUT2D eigenvalue weighted by atomic mass is 9.60. The fourth-order valence-corrected chi connectivity index (χ4v) is 6.65. The molecule has 0 spiro atoms. The van der Waals surface area contributed by atoms with Crippen molar-refractivity contribution in [1.29, 1.82) is 0 Å². The van der Waals surface area contributed by atoms with Crippen molar-refractivity contribution >= 4 is 0 Å². The van der Waals surface area contributed by atoms with Gasteiger partial charge in [-0.2, -0.15) is 0 Å². The number of aromatic nitrogens is 2. The van der Waals surface area contributed by atoms with Crippen molar-refractivity contribution in [2.45, 2.75) is 77.2 Å². The molecule has 142 valence electrons. The van der Waals surface area contributed by atoms with Gasteiger partial charge in [0.15, 0.2) is 5.69 Å². The Labute approximate surface area is 164 Å². The van der Waals surface area contributed by atoms with Crippen molar-refractivity contribution in [2.24, 2.45) is 17.8 Å². The highest BCUT2D eigenvalue weighted by Crippen LogP contribution is 2.53. The first kappa shape index (κ1) is 17.4. The fourth-order valence-electron chi connectivity index (χ4n) is 6.65. The second-order valence-electron chi connectivity index (χ2n) is 10.3. The quantitative estimate of drug-likeness (QED) is 0.636. The lowest BCUT2D eigenvalue weighted by Crippen LogP contribution is -2.69. The van der Waals surface area contributed by atoms with Gasteiger partial charge in [0.1, 0.15) is 11.2 Å². The molecule has 2 heteroatoms. The van der Waals surface area contributed by atoms with Crippen molar-refractivity contribution in [1.82, 2.24) is 4.98 Å². The molecule has 4 atom stereocenters. The number of rotatable bonds is 2. The fraction of sp³-hybridized carbons (Fsp3) is 0.600. The Morgan fingerprint density at radius 2 is 1.85 bits per heavy atom. The molecule has 0 amide bonds. The zero-order chi connectivity index (χ0) is 19.0. The van der Waals surface area contributed by atoms with E-state index in [-0.39, 0.29) is 11.0 Å². The maximum absolute atomic E-state index is 5.07. The molecule has 0 radical (unpaired) electrons. The smallest absolute Gasteiger partial charge is 0.224 e. The molecule has 27 heavy (non-hydrogen) atoms. The van der Waals surface area contributed by atoms with Gasteiger partial charge in [0.05, 0.1) is 0 Å². The molecule has 5 rings (SSSR count). The number of nitrogens with zero attached hydrogens (tertiary/aromatic N) is 2. The first-order chi connectivity index (χ1) is 12.8. The Morgan fingerprint density at radius 3 is 2.52 bits per heavy atom. The van der Waals surface area contributed by atoms with E-state index in [1.807, 2.05) is 0 Å². The molecule has 1 aliphatic heterocycles. The molecule has 2 aliphatic carbocycles. The van der Waals surface area contributed by atoms with Gasteiger partial charge in [-0.1, -0.05) is 63.4 Å². The minimum atomic E-state index is -0.00308. The highest BCUT2D eigenvalue weighted by Gasteiger charge is 2.55. The highest BCUT2D eigenvalue weighted by molar-refractivity contribution is 5.65. The summed E-state index contributed by atoms with van der Waals surface area (Å²) in [5, 5.41) is 0. The van der Waals surface area contributed by atoms with Crippen LogP contribution in [0.2, 0.25) is 0 Å². The summed E-state index contributed by atoms with van der Waals surface area (Å²) in [5.41, 5.74) is 5.63. The van der Waals surface area contributed by atoms with Gasteiger partial charge in [-0.3, -0.25) is 0 Å². The average Bonchev–Trinajstić information content (AvgIpc) is 3.29. The summed E-state index contributed by atoms with van der Waals surface area (Å²) in [7, 11) is 0. The minimum absolute atomic E-state index is 0.00308. The van der Waals surface area contributed by atoms with E-state index in [2.05, 4.69) is 75.8 Å². The second kappa shape index (κ2) is 5.65. The van der Waals surface area contributed by atoms with E-state index in [0.717, 1.165) is 11.8 Å². The predicted octanol–water partition coefficient (Wildman–Crippen LogP) is 5.60. The van der Waals surface area contributed by atoms with Crippen molar-refractivity contribution in [3.8, 4) is 11.3 Å². The van der Waals surface area contributed by atoms with Crippen molar-refractivity contribution < 1.29 is 4.57 Å². The van der Waals surface area contributed by atoms with Crippen molar-refractivity contribution in [2.75, 3.05) is 0 Å². The zero-order valence-corrected chi connectivity index (χ0v) is 17.5. The third kappa shape index (κ3) is 2.19. The van der Waals surface area contributed by atoms with Gasteiger partial charge < -0.3 is 0 Å². The standard InChI is InChI=1S/C25H33N2/c1-16(2)25(5)24(3,4)21-9-7-6-8-19(21)23-14-22(26-15-27(23)25)20-13-17-10-11-18(20)12-17/h6-9,14-18,20H,10-13H2,1-5H3/q+1. The summed E-state index contributed by atoms with van der Waals surface area (Å²) in [6, 6.07) is 11.5. The van der Waals surface area contributed by atoms with Gasteiger partial charge in [-0.05, 0) is 49.5 Å². The Kier molecular flexibility index (Phi) is 3.64. The van der Waals surface area contributed by atoms with Crippen LogP contribution in [0.25, 0.3) is 11.3 Å². The van der Waals surface area contributed by atoms with Crippen LogP contribution in [-0.4, -0.2) is 4.98 Å². The summed E-state index contributed by atoms with van der Waals surface area (Å²) in [5.74, 6) is 3.02. The zero-order valence-electron chi connectivity index (χ0n) is 17.5. The number of hydrogen-bond acceptors (Lipinski definition) is 1. The van der Waals surface area contributed by atoms with Gasteiger partial charge in [0, 0.05) is 23.0 Å². The molecule has 2 nitrogen and oxygen atoms in total. The molecule has 3 aliphatic rings. The SMILES string of the molecule is CC(C)C1(C)[n+]2cnc(C3CC4CCC3C4)cc2-c2ccccc2C1(C)C. The van der Waals surface area contributed by atoms with Crippen LogP contribution in [0.15, 0.2) is 36.7 Å². The average molecular weight is 362 g/mol. The number of hydrogen-bond donors (Lipinski definition) is 0. The summed E-state index contributed by atoms with van der Waals surface area (Å²) in [6.45, 7) is 12.0. The van der Waals surface area contributed by atoms with Gasteiger partial charge in [-0.25, -0.2) is 4.57 Å². The second-order valence-corrected chi connectivity index (χ2v) is 10.3.